The largest absolute Gasteiger partial charge is 0.371 e. The van der Waals surface area contributed by atoms with Gasteiger partial charge in [0.2, 0.25) is 5.91 Å². The second-order valence-electron chi connectivity index (χ2n) is 7.17. The fraction of sp³-hybridized carbons (Fsp3) is 0.450. The number of piperazine rings is 1. The molecule has 1 N–H and O–H groups in total. The summed E-state index contributed by atoms with van der Waals surface area (Å²) in [5.74, 6) is -0.807. The summed E-state index contributed by atoms with van der Waals surface area (Å²) in [6.45, 7) is 3.13. The van der Waals surface area contributed by atoms with Crippen LogP contribution in [0.2, 0.25) is 0 Å². The highest BCUT2D eigenvalue weighted by molar-refractivity contribution is 7.09. The molecule has 0 aliphatic carbocycles. The first-order valence-corrected chi connectivity index (χ1v) is 10.6. The van der Waals surface area contributed by atoms with Crippen molar-refractivity contribution in [3.05, 3.63) is 46.2 Å². The third-order valence-electron chi connectivity index (χ3n) is 5.12. The van der Waals surface area contributed by atoms with E-state index in [4.69, 9.17) is 4.74 Å². The Balaban J connectivity index is 1.26. The maximum absolute atomic E-state index is 13.6. The van der Waals surface area contributed by atoms with Gasteiger partial charge in [0.1, 0.15) is 22.6 Å². The molecule has 0 saturated carbocycles. The van der Waals surface area contributed by atoms with Crippen LogP contribution in [0.15, 0.2) is 29.6 Å². The van der Waals surface area contributed by atoms with Crippen molar-refractivity contribution < 1.29 is 18.7 Å². The third-order valence-corrected chi connectivity index (χ3v) is 6.06. The van der Waals surface area contributed by atoms with E-state index < -0.39 is 5.82 Å². The zero-order chi connectivity index (χ0) is 20.2. The third kappa shape index (κ3) is 4.80. The normalized spacial score (nSPS) is 20.0. The van der Waals surface area contributed by atoms with Crippen LogP contribution in [0.5, 0.6) is 0 Å². The van der Waals surface area contributed by atoms with Crippen molar-refractivity contribution in [2.45, 2.75) is 18.9 Å². The van der Waals surface area contributed by atoms with Gasteiger partial charge in [-0.15, -0.1) is 11.3 Å². The average molecular weight is 418 g/mol. The van der Waals surface area contributed by atoms with Crippen LogP contribution < -0.4 is 5.32 Å². The molecule has 1 atom stereocenters. The van der Waals surface area contributed by atoms with Crippen LogP contribution in [-0.4, -0.2) is 65.9 Å². The highest BCUT2D eigenvalue weighted by atomic mass is 32.1. The molecule has 1 aromatic carbocycles. The molecule has 0 radical (unpaired) electrons. The van der Waals surface area contributed by atoms with Crippen molar-refractivity contribution in [1.82, 2.24) is 14.8 Å². The van der Waals surface area contributed by atoms with Gasteiger partial charge in [0.25, 0.3) is 5.91 Å². The highest BCUT2D eigenvalue weighted by Crippen LogP contribution is 2.30. The van der Waals surface area contributed by atoms with Crippen molar-refractivity contribution in [1.29, 1.82) is 0 Å². The SMILES string of the molecule is O=C(CN1CCN(C(=O)c2csc(C3CCCO3)n2)CC1)Nc1ccccc1F. The number of nitrogens with zero attached hydrogens (tertiary/aromatic N) is 3. The van der Waals surface area contributed by atoms with Crippen molar-refractivity contribution in [3.8, 4) is 0 Å². The van der Waals surface area contributed by atoms with Gasteiger partial charge in [0.15, 0.2) is 0 Å². The van der Waals surface area contributed by atoms with Crippen molar-refractivity contribution in [3.63, 3.8) is 0 Å². The molecule has 2 aliphatic heterocycles. The Kier molecular flexibility index (Phi) is 6.17. The van der Waals surface area contributed by atoms with Crippen LogP contribution in [-0.2, 0) is 9.53 Å². The van der Waals surface area contributed by atoms with E-state index >= 15 is 0 Å². The second-order valence-corrected chi connectivity index (χ2v) is 8.06. The van der Waals surface area contributed by atoms with Gasteiger partial charge in [-0.25, -0.2) is 9.37 Å². The lowest BCUT2D eigenvalue weighted by molar-refractivity contribution is -0.117. The number of benzene rings is 1. The van der Waals surface area contributed by atoms with Crippen LogP contribution in [0.3, 0.4) is 0 Å². The molecular weight excluding hydrogens is 395 g/mol. The maximum Gasteiger partial charge on any atom is 0.273 e. The topological polar surface area (TPSA) is 74.8 Å². The number of carbonyl (C=O) groups excluding carboxylic acids is 2. The number of nitrogens with one attached hydrogen (secondary N) is 1. The Morgan fingerprint density at radius 1 is 1.24 bits per heavy atom. The van der Waals surface area contributed by atoms with Gasteiger partial charge in [-0.2, -0.15) is 0 Å². The number of thiazole rings is 1. The Bertz CT molecular complexity index is 876. The van der Waals surface area contributed by atoms with Crippen molar-refractivity contribution in [2.24, 2.45) is 0 Å². The number of rotatable bonds is 5. The molecule has 1 unspecified atom stereocenters. The summed E-state index contributed by atoms with van der Waals surface area (Å²) >= 11 is 1.47. The van der Waals surface area contributed by atoms with Gasteiger partial charge >= 0.3 is 0 Å². The molecule has 0 bridgehead atoms. The molecule has 9 heteroatoms. The Morgan fingerprint density at radius 3 is 2.76 bits per heavy atom. The summed E-state index contributed by atoms with van der Waals surface area (Å²) in [7, 11) is 0. The van der Waals surface area contributed by atoms with E-state index in [1.165, 1.54) is 23.5 Å². The number of anilines is 1. The number of halogens is 1. The Morgan fingerprint density at radius 2 is 2.03 bits per heavy atom. The van der Waals surface area contributed by atoms with E-state index in [-0.39, 0.29) is 30.2 Å². The first-order chi connectivity index (χ1) is 14.1. The lowest BCUT2D eigenvalue weighted by atomic mass is 10.2. The monoisotopic (exact) mass is 418 g/mol. The first kappa shape index (κ1) is 19.9. The summed E-state index contributed by atoms with van der Waals surface area (Å²) < 4.78 is 19.3. The molecule has 7 nitrogen and oxygen atoms in total. The highest BCUT2D eigenvalue weighted by Gasteiger charge is 2.27. The fourth-order valence-corrected chi connectivity index (χ4v) is 4.41. The molecule has 29 heavy (non-hydrogen) atoms. The molecule has 0 spiro atoms. The van der Waals surface area contributed by atoms with Crippen molar-refractivity contribution in [2.75, 3.05) is 44.6 Å². The molecule has 1 aromatic heterocycles. The van der Waals surface area contributed by atoms with Crippen LogP contribution in [0.25, 0.3) is 0 Å². The molecule has 3 heterocycles. The number of para-hydroxylation sites is 1. The summed E-state index contributed by atoms with van der Waals surface area (Å²) in [6.07, 6.45) is 2.00. The van der Waals surface area contributed by atoms with E-state index in [9.17, 15) is 14.0 Å². The summed E-state index contributed by atoms with van der Waals surface area (Å²) in [6, 6.07) is 6.09. The van der Waals surface area contributed by atoms with Crippen LogP contribution in [0, 0.1) is 5.82 Å². The number of hydrogen-bond donors (Lipinski definition) is 1. The first-order valence-electron chi connectivity index (χ1n) is 9.73. The summed E-state index contributed by atoms with van der Waals surface area (Å²) in [4.78, 5) is 33.1. The Labute approximate surface area is 172 Å². The van der Waals surface area contributed by atoms with E-state index in [0.29, 0.717) is 31.9 Å². The number of amides is 2. The summed E-state index contributed by atoms with van der Waals surface area (Å²) in [5.41, 5.74) is 0.642. The Hall–Kier alpha value is -2.36. The second kappa shape index (κ2) is 8.98. The standard InChI is InChI=1S/C20H23FN4O3S/c21-14-4-1-2-5-15(14)22-18(26)12-24-7-9-25(10-8-24)20(27)16-13-29-19(23-16)17-6-3-11-28-17/h1-2,4-5,13,17H,3,6-12H2,(H,22,26). The molecule has 2 aromatic rings. The van der Waals surface area contributed by atoms with E-state index in [2.05, 4.69) is 10.3 Å². The molecule has 2 saturated heterocycles. The number of aromatic nitrogens is 1. The van der Waals surface area contributed by atoms with E-state index in [1.807, 2.05) is 4.90 Å². The quantitative estimate of drug-likeness (QED) is 0.808. The van der Waals surface area contributed by atoms with Crippen molar-refractivity contribution >= 4 is 28.8 Å². The minimum atomic E-state index is -0.457. The molecule has 4 rings (SSSR count). The fourth-order valence-electron chi connectivity index (χ4n) is 3.53. The predicted molar refractivity (Wildman–Crippen MR) is 107 cm³/mol. The van der Waals surface area contributed by atoms with Gasteiger partial charge in [-0.1, -0.05) is 12.1 Å². The summed E-state index contributed by atoms with van der Waals surface area (Å²) in [5, 5.41) is 5.26. The lowest BCUT2D eigenvalue weighted by Gasteiger charge is -2.34. The molecule has 154 valence electrons. The maximum atomic E-state index is 13.6. The zero-order valence-electron chi connectivity index (χ0n) is 16.0. The van der Waals surface area contributed by atoms with Gasteiger partial charge in [0, 0.05) is 38.2 Å². The molecule has 2 amide bonds. The van der Waals surface area contributed by atoms with Gasteiger partial charge in [-0.05, 0) is 25.0 Å². The minimum Gasteiger partial charge on any atom is -0.371 e. The van der Waals surface area contributed by atoms with E-state index in [0.717, 1.165) is 24.5 Å². The molecule has 2 aliphatic rings. The smallest absolute Gasteiger partial charge is 0.273 e. The lowest BCUT2D eigenvalue weighted by Crippen LogP contribution is -2.50. The van der Waals surface area contributed by atoms with Gasteiger partial charge in [0.05, 0.1) is 12.2 Å². The zero-order valence-corrected chi connectivity index (χ0v) is 16.8. The number of ether oxygens (including phenoxy) is 1. The average Bonchev–Trinajstić information content (AvgIpc) is 3.41. The number of carbonyl (C=O) groups is 2. The molecule has 2 fully saturated rings. The minimum absolute atomic E-state index is 0.0198. The van der Waals surface area contributed by atoms with Crippen LogP contribution in [0.4, 0.5) is 10.1 Å². The molecular formula is C20H23FN4O3S. The van der Waals surface area contributed by atoms with Crippen LogP contribution >= 0.6 is 11.3 Å². The van der Waals surface area contributed by atoms with Crippen LogP contribution in [0.1, 0.15) is 34.4 Å². The number of hydrogen-bond acceptors (Lipinski definition) is 6. The van der Waals surface area contributed by atoms with Gasteiger partial charge in [-0.3, -0.25) is 14.5 Å². The van der Waals surface area contributed by atoms with Gasteiger partial charge < -0.3 is 15.0 Å². The van der Waals surface area contributed by atoms with E-state index in [1.54, 1.807) is 22.4 Å². The predicted octanol–water partition coefficient (Wildman–Crippen LogP) is 2.53.